The molecule has 19 heavy (non-hydrogen) atoms. The van der Waals surface area contributed by atoms with E-state index in [9.17, 15) is 4.79 Å². The molecule has 0 atom stereocenters. The van der Waals surface area contributed by atoms with Gasteiger partial charge in [0.15, 0.2) is 11.5 Å². The lowest BCUT2D eigenvalue weighted by Crippen LogP contribution is -2.52. The van der Waals surface area contributed by atoms with Crippen molar-refractivity contribution in [2.45, 2.75) is 24.8 Å². The molecule has 1 amide bonds. The fourth-order valence-electron chi connectivity index (χ4n) is 2.27. The Bertz CT molecular complexity index is 558. The van der Waals surface area contributed by atoms with Crippen LogP contribution in [0.1, 0.15) is 29.6 Å². The van der Waals surface area contributed by atoms with Gasteiger partial charge in [-0.05, 0) is 37.5 Å². The van der Waals surface area contributed by atoms with Gasteiger partial charge in [-0.1, -0.05) is 0 Å². The van der Waals surface area contributed by atoms with E-state index in [0.717, 1.165) is 19.3 Å². The molecule has 5 heteroatoms. The van der Waals surface area contributed by atoms with Crippen molar-refractivity contribution in [3.63, 3.8) is 0 Å². The molecule has 1 saturated carbocycles. The van der Waals surface area contributed by atoms with Crippen molar-refractivity contribution in [2.75, 3.05) is 13.2 Å². The lowest BCUT2D eigenvalue weighted by atomic mass is 9.78. The number of hydrogen-bond acceptors (Lipinski definition) is 4. The number of nitriles is 1. The molecule has 0 radical (unpaired) electrons. The van der Waals surface area contributed by atoms with Crippen LogP contribution < -0.4 is 14.8 Å². The van der Waals surface area contributed by atoms with E-state index in [1.807, 2.05) is 0 Å². The van der Waals surface area contributed by atoms with Crippen molar-refractivity contribution in [1.82, 2.24) is 5.32 Å². The van der Waals surface area contributed by atoms with Crippen LogP contribution in [0, 0.1) is 11.3 Å². The summed E-state index contributed by atoms with van der Waals surface area (Å²) in [6.45, 7) is 1.01. The highest BCUT2D eigenvalue weighted by Gasteiger charge is 2.38. The molecule has 0 aromatic heterocycles. The summed E-state index contributed by atoms with van der Waals surface area (Å²) < 4.78 is 10.8. The van der Waals surface area contributed by atoms with Crippen molar-refractivity contribution in [3.8, 4) is 17.6 Å². The summed E-state index contributed by atoms with van der Waals surface area (Å²) in [4.78, 5) is 12.1. The fourth-order valence-corrected chi connectivity index (χ4v) is 2.27. The summed E-state index contributed by atoms with van der Waals surface area (Å²) in [6.07, 6.45) is 2.43. The lowest BCUT2D eigenvalue weighted by Gasteiger charge is -2.35. The molecule has 98 valence electrons. The fraction of sp³-hybridized carbons (Fsp3) is 0.429. The number of fused-ring (bicyclic) bond motifs is 1. The van der Waals surface area contributed by atoms with Gasteiger partial charge in [0.25, 0.3) is 5.91 Å². The van der Waals surface area contributed by atoms with Gasteiger partial charge in [0.2, 0.25) is 0 Å². The van der Waals surface area contributed by atoms with Crippen molar-refractivity contribution in [3.05, 3.63) is 23.8 Å². The van der Waals surface area contributed by atoms with E-state index in [-0.39, 0.29) is 5.91 Å². The van der Waals surface area contributed by atoms with E-state index < -0.39 is 5.54 Å². The molecule has 0 unspecified atom stereocenters. The maximum Gasteiger partial charge on any atom is 0.252 e. The molecular weight excluding hydrogens is 244 g/mol. The van der Waals surface area contributed by atoms with Crippen molar-refractivity contribution in [1.29, 1.82) is 5.26 Å². The van der Waals surface area contributed by atoms with Gasteiger partial charge in [0.05, 0.1) is 6.07 Å². The molecule has 1 fully saturated rings. The molecule has 1 aliphatic carbocycles. The van der Waals surface area contributed by atoms with Crippen LogP contribution in [0.2, 0.25) is 0 Å². The molecule has 0 bridgehead atoms. The Kier molecular flexibility index (Phi) is 2.79. The monoisotopic (exact) mass is 258 g/mol. The van der Waals surface area contributed by atoms with E-state index in [1.165, 1.54) is 0 Å². The molecule has 2 aliphatic rings. The summed E-state index contributed by atoms with van der Waals surface area (Å²) in [5.74, 6) is 0.998. The van der Waals surface area contributed by atoms with Crippen LogP contribution in [-0.2, 0) is 0 Å². The van der Waals surface area contributed by atoms with Crippen LogP contribution in [-0.4, -0.2) is 24.7 Å². The van der Waals surface area contributed by atoms with Crippen molar-refractivity contribution < 1.29 is 14.3 Å². The summed E-state index contributed by atoms with van der Waals surface area (Å²) in [5, 5.41) is 11.9. The highest BCUT2D eigenvalue weighted by Crippen LogP contribution is 2.33. The average Bonchev–Trinajstić information content (AvgIpc) is 2.42. The third kappa shape index (κ3) is 2.10. The molecule has 1 heterocycles. The molecule has 0 spiro atoms. The molecule has 1 aliphatic heterocycles. The number of carbonyl (C=O) groups excluding carboxylic acids is 1. The van der Waals surface area contributed by atoms with Gasteiger partial charge < -0.3 is 14.8 Å². The van der Waals surface area contributed by atoms with E-state index in [2.05, 4.69) is 11.4 Å². The Labute approximate surface area is 111 Å². The van der Waals surface area contributed by atoms with Crippen LogP contribution in [0.15, 0.2) is 18.2 Å². The first-order chi connectivity index (χ1) is 9.22. The zero-order valence-electron chi connectivity index (χ0n) is 10.4. The first kappa shape index (κ1) is 11.8. The van der Waals surface area contributed by atoms with Gasteiger partial charge in [0, 0.05) is 5.56 Å². The molecule has 3 rings (SSSR count). The Morgan fingerprint density at radius 2 is 2.00 bits per heavy atom. The molecule has 5 nitrogen and oxygen atoms in total. The smallest absolute Gasteiger partial charge is 0.252 e. The summed E-state index contributed by atoms with van der Waals surface area (Å²) in [7, 11) is 0. The summed E-state index contributed by atoms with van der Waals surface area (Å²) in [5.41, 5.74) is -0.185. The van der Waals surface area contributed by atoms with Crippen LogP contribution in [0.25, 0.3) is 0 Å². The zero-order chi connectivity index (χ0) is 13.3. The van der Waals surface area contributed by atoms with Gasteiger partial charge in [0.1, 0.15) is 18.8 Å². The third-order valence-corrected chi connectivity index (χ3v) is 3.58. The van der Waals surface area contributed by atoms with Crippen molar-refractivity contribution >= 4 is 5.91 Å². The Morgan fingerprint density at radius 1 is 1.26 bits per heavy atom. The zero-order valence-corrected chi connectivity index (χ0v) is 10.4. The largest absolute Gasteiger partial charge is 0.486 e. The van der Waals surface area contributed by atoms with Crippen LogP contribution >= 0.6 is 0 Å². The average molecular weight is 258 g/mol. The summed E-state index contributed by atoms with van der Waals surface area (Å²) in [6, 6.07) is 7.26. The third-order valence-electron chi connectivity index (χ3n) is 3.58. The predicted molar refractivity (Wildman–Crippen MR) is 67.1 cm³/mol. The van der Waals surface area contributed by atoms with E-state index in [1.54, 1.807) is 18.2 Å². The van der Waals surface area contributed by atoms with Gasteiger partial charge in [-0.2, -0.15) is 5.26 Å². The minimum Gasteiger partial charge on any atom is -0.486 e. The maximum absolute atomic E-state index is 12.1. The normalized spacial score (nSPS) is 18.9. The van der Waals surface area contributed by atoms with E-state index in [4.69, 9.17) is 14.7 Å². The first-order valence-electron chi connectivity index (χ1n) is 6.36. The van der Waals surface area contributed by atoms with E-state index >= 15 is 0 Å². The predicted octanol–water partition coefficient (Wildman–Crippen LogP) is 1.63. The number of ether oxygens (including phenoxy) is 2. The number of carbonyl (C=O) groups is 1. The number of amides is 1. The second-order valence-electron chi connectivity index (χ2n) is 4.86. The van der Waals surface area contributed by atoms with Gasteiger partial charge in [-0.25, -0.2) is 0 Å². The molecule has 1 aromatic rings. The number of rotatable bonds is 2. The highest BCUT2D eigenvalue weighted by molar-refractivity contribution is 5.95. The quantitative estimate of drug-likeness (QED) is 0.875. The number of benzene rings is 1. The Balaban J connectivity index is 1.78. The summed E-state index contributed by atoms with van der Waals surface area (Å²) >= 11 is 0. The minimum atomic E-state index is -0.676. The minimum absolute atomic E-state index is 0.238. The first-order valence-corrected chi connectivity index (χ1v) is 6.36. The lowest BCUT2D eigenvalue weighted by molar-refractivity contribution is 0.0880. The standard InChI is InChI=1S/C14H14N2O3/c15-9-14(4-1-5-14)16-13(17)10-2-3-11-12(8-10)19-7-6-18-11/h2-3,8H,1,4-7H2,(H,16,17). The SMILES string of the molecule is N#CC1(NC(=O)c2ccc3c(c2)OCCO3)CCC1. The maximum atomic E-state index is 12.1. The second-order valence-corrected chi connectivity index (χ2v) is 4.86. The van der Waals surface area contributed by atoms with Crippen molar-refractivity contribution in [2.24, 2.45) is 0 Å². The van der Waals surface area contributed by atoms with Gasteiger partial charge in [-0.3, -0.25) is 4.79 Å². The van der Waals surface area contributed by atoms with Gasteiger partial charge >= 0.3 is 0 Å². The Hall–Kier alpha value is -2.22. The topological polar surface area (TPSA) is 71.4 Å². The van der Waals surface area contributed by atoms with E-state index in [0.29, 0.717) is 30.3 Å². The van der Waals surface area contributed by atoms with Gasteiger partial charge in [-0.15, -0.1) is 0 Å². The number of hydrogen-bond donors (Lipinski definition) is 1. The number of nitrogens with one attached hydrogen (secondary N) is 1. The molecule has 0 saturated heterocycles. The molecular formula is C14H14N2O3. The molecule has 1 N–H and O–H groups in total. The van der Waals surface area contributed by atoms with Crippen LogP contribution in [0.5, 0.6) is 11.5 Å². The second kappa shape index (κ2) is 4.47. The molecule has 1 aromatic carbocycles. The van der Waals surface area contributed by atoms with Crippen LogP contribution in [0.4, 0.5) is 0 Å². The highest BCUT2D eigenvalue weighted by atomic mass is 16.6. The Morgan fingerprint density at radius 3 is 2.63 bits per heavy atom. The number of nitrogens with zero attached hydrogens (tertiary/aromatic N) is 1. The van der Waals surface area contributed by atoms with Crippen LogP contribution in [0.3, 0.4) is 0 Å².